The van der Waals surface area contributed by atoms with Crippen molar-refractivity contribution >= 4 is 0 Å². The lowest BCUT2D eigenvalue weighted by Crippen LogP contribution is -3.15. The Labute approximate surface area is 114 Å². The van der Waals surface area contributed by atoms with Gasteiger partial charge in [-0.2, -0.15) is 0 Å². The Morgan fingerprint density at radius 1 is 1.26 bits per heavy atom. The van der Waals surface area contributed by atoms with Gasteiger partial charge in [-0.05, 0) is 24.1 Å². The topological polar surface area (TPSA) is 43.1 Å². The number of ether oxygens (including phenoxy) is 2. The van der Waals surface area contributed by atoms with Gasteiger partial charge in [0.25, 0.3) is 0 Å². The van der Waals surface area contributed by atoms with E-state index in [2.05, 4.69) is 19.1 Å². The molecular weight excluding hydrogens is 242 g/mol. The second kappa shape index (κ2) is 7.48. The SMILES string of the molecule is CCc1ccc(OC[C@@H](O)C[NH+]2CCOCC2)cc1. The lowest BCUT2D eigenvalue weighted by molar-refractivity contribution is -0.911. The second-order valence-corrected chi connectivity index (χ2v) is 5.03. The van der Waals surface area contributed by atoms with Gasteiger partial charge in [0.15, 0.2) is 0 Å². The third-order valence-corrected chi connectivity index (χ3v) is 3.50. The predicted molar refractivity (Wildman–Crippen MR) is 73.7 cm³/mol. The van der Waals surface area contributed by atoms with Gasteiger partial charge >= 0.3 is 0 Å². The van der Waals surface area contributed by atoms with Crippen LogP contribution in [0.25, 0.3) is 0 Å². The minimum absolute atomic E-state index is 0.357. The van der Waals surface area contributed by atoms with Crippen molar-refractivity contribution in [2.75, 3.05) is 39.5 Å². The largest absolute Gasteiger partial charge is 0.491 e. The Morgan fingerprint density at radius 3 is 2.58 bits per heavy atom. The molecule has 4 heteroatoms. The van der Waals surface area contributed by atoms with Gasteiger partial charge in [-0.25, -0.2) is 0 Å². The zero-order valence-electron chi connectivity index (χ0n) is 11.6. The Morgan fingerprint density at radius 2 is 1.95 bits per heavy atom. The number of hydrogen-bond donors (Lipinski definition) is 2. The summed E-state index contributed by atoms with van der Waals surface area (Å²) in [6, 6.07) is 8.06. The van der Waals surface area contributed by atoms with Crippen LogP contribution in [0.3, 0.4) is 0 Å². The Hall–Kier alpha value is -1.10. The fourth-order valence-corrected chi connectivity index (χ4v) is 2.27. The molecule has 1 aromatic rings. The Balaban J connectivity index is 1.71. The number of aryl methyl sites for hydroxylation is 1. The van der Waals surface area contributed by atoms with E-state index in [4.69, 9.17) is 9.47 Å². The van der Waals surface area contributed by atoms with Gasteiger partial charge in [0, 0.05) is 0 Å². The Bertz CT molecular complexity index is 360. The fraction of sp³-hybridized carbons (Fsp3) is 0.600. The number of benzene rings is 1. The first-order valence-corrected chi connectivity index (χ1v) is 7.09. The van der Waals surface area contributed by atoms with Gasteiger partial charge in [0.2, 0.25) is 0 Å². The van der Waals surface area contributed by atoms with E-state index in [1.165, 1.54) is 10.5 Å². The predicted octanol–water partition coefficient (Wildman–Crippen LogP) is -0.0962. The average Bonchev–Trinajstić information content (AvgIpc) is 2.47. The van der Waals surface area contributed by atoms with Crippen molar-refractivity contribution < 1.29 is 19.5 Å². The molecule has 19 heavy (non-hydrogen) atoms. The quantitative estimate of drug-likeness (QED) is 0.756. The fourth-order valence-electron chi connectivity index (χ4n) is 2.27. The zero-order valence-corrected chi connectivity index (χ0v) is 11.6. The van der Waals surface area contributed by atoms with Gasteiger partial charge in [-0.1, -0.05) is 19.1 Å². The van der Waals surface area contributed by atoms with Crippen molar-refractivity contribution in [2.24, 2.45) is 0 Å². The van der Waals surface area contributed by atoms with E-state index in [-0.39, 0.29) is 0 Å². The minimum atomic E-state index is -0.418. The normalized spacial score (nSPS) is 18.2. The molecule has 1 aliphatic rings. The standard InChI is InChI=1S/C15H23NO3/c1-2-13-3-5-15(6-4-13)19-12-14(17)11-16-7-9-18-10-8-16/h3-6,14,17H,2,7-12H2,1H3/p+1/t14-/m0/s1. The van der Waals surface area contributed by atoms with Crippen LogP contribution in [0.2, 0.25) is 0 Å². The van der Waals surface area contributed by atoms with E-state index in [9.17, 15) is 5.11 Å². The summed E-state index contributed by atoms with van der Waals surface area (Å²) in [4.78, 5) is 1.39. The monoisotopic (exact) mass is 266 g/mol. The summed E-state index contributed by atoms with van der Waals surface area (Å²) in [7, 11) is 0. The molecule has 1 heterocycles. The molecule has 0 bridgehead atoms. The Kier molecular flexibility index (Phi) is 5.63. The van der Waals surface area contributed by atoms with Crippen molar-refractivity contribution in [3.63, 3.8) is 0 Å². The molecule has 1 fully saturated rings. The van der Waals surface area contributed by atoms with Gasteiger partial charge < -0.3 is 19.5 Å². The lowest BCUT2D eigenvalue weighted by Gasteiger charge is -2.25. The van der Waals surface area contributed by atoms with Crippen LogP contribution < -0.4 is 9.64 Å². The smallest absolute Gasteiger partial charge is 0.137 e. The van der Waals surface area contributed by atoms with E-state index < -0.39 is 6.10 Å². The van der Waals surface area contributed by atoms with Crippen molar-refractivity contribution in [1.29, 1.82) is 0 Å². The van der Waals surface area contributed by atoms with E-state index >= 15 is 0 Å². The van der Waals surface area contributed by atoms with E-state index in [1.54, 1.807) is 0 Å². The molecule has 0 unspecified atom stereocenters. The summed E-state index contributed by atoms with van der Waals surface area (Å²) in [6.07, 6.45) is 0.613. The van der Waals surface area contributed by atoms with Crippen molar-refractivity contribution in [3.8, 4) is 5.75 Å². The molecule has 1 aromatic carbocycles. The number of hydrogen-bond acceptors (Lipinski definition) is 3. The molecule has 4 nitrogen and oxygen atoms in total. The van der Waals surface area contributed by atoms with Crippen LogP contribution in [-0.2, 0) is 11.2 Å². The molecule has 2 rings (SSSR count). The minimum Gasteiger partial charge on any atom is -0.491 e. The summed E-state index contributed by atoms with van der Waals surface area (Å²) in [5, 5.41) is 9.98. The van der Waals surface area contributed by atoms with Gasteiger partial charge in [0.1, 0.15) is 38.1 Å². The molecule has 2 N–H and O–H groups in total. The molecule has 0 aliphatic carbocycles. The summed E-state index contributed by atoms with van der Waals surface area (Å²) >= 11 is 0. The number of nitrogens with one attached hydrogen (secondary N) is 1. The average molecular weight is 266 g/mol. The van der Waals surface area contributed by atoms with Gasteiger partial charge in [-0.15, -0.1) is 0 Å². The van der Waals surface area contributed by atoms with Crippen LogP contribution in [-0.4, -0.2) is 50.7 Å². The maximum atomic E-state index is 9.98. The first-order valence-electron chi connectivity index (χ1n) is 7.09. The third kappa shape index (κ3) is 4.82. The molecule has 0 radical (unpaired) electrons. The highest BCUT2D eigenvalue weighted by molar-refractivity contribution is 5.27. The molecule has 0 saturated carbocycles. The van der Waals surface area contributed by atoms with Crippen LogP contribution >= 0.6 is 0 Å². The lowest BCUT2D eigenvalue weighted by atomic mass is 10.2. The number of quaternary nitrogens is 1. The molecule has 106 valence electrons. The number of aliphatic hydroxyl groups is 1. The first-order chi connectivity index (χ1) is 9.28. The molecule has 1 aliphatic heterocycles. The summed E-state index contributed by atoms with van der Waals surface area (Å²) in [5.74, 6) is 0.827. The van der Waals surface area contributed by atoms with Gasteiger partial charge in [0.05, 0.1) is 13.2 Å². The van der Waals surface area contributed by atoms with E-state index in [0.717, 1.165) is 45.0 Å². The molecule has 1 saturated heterocycles. The van der Waals surface area contributed by atoms with Crippen molar-refractivity contribution in [1.82, 2.24) is 0 Å². The first kappa shape index (κ1) is 14.3. The van der Waals surface area contributed by atoms with E-state index in [0.29, 0.717) is 6.61 Å². The van der Waals surface area contributed by atoms with Crippen LogP contribution in [0.1, 0.15) is 12.5 Å². The van der Waals surface area contributed by atoms with Crippen molar-refractivity contribution in [3.05, 3.63) is 29.8 Å². The summed E-state index contributed by atoms with van der Waals surface area (Å²) < 4.78 is 10.9. The van der Waals surface area contributed by atoms with Crippen LogP contribution in [0.15, 0.2) is 24.3 Å². The highest BCUT2D eigenvalue weighted by Gasteiger charge is 2.18. The molecule has 0 spiro atoms. The molecule has 0 aromatic heterocycles. The van der Waals surface area contributed by atoms with Crippen LogP contribution in [0.5, 0.6) is 5.75 Å². The number of aliphatic hydroxyl groups excluding tert-OH is 1. The van der Waals surface area contributed by atoms with Gasteiger partial charge in [-0.3, -0.25) is 0 Å². The summed E-state index contributed by atoms with van der Waals surface area (Å²) in [6.45, 7) is 6.75. The molecule has 0 amide bonds. The number of rotatable bonds is 6. The van der Waals surface area contributed by atoms with Crippen LogP contribution in [0.4, 0.5) is 0 Å². The molecular formula is C15H24NO3+. The second-order valence-electron chi connectivity index (χ2n) is 5.03. The van der Waals surface area contributed by atoms with Crippen LogP contribution in [0, 0.1) is 0 Å². The van der Waals surface area contributed by atoms with E-state index in [1.807, 2.05) is 12.1 Å². The maximum absolute atomic E-state index is 9.98. The number of morpholine rings is 1. The van der Waals surface area contributed by atoms with Crippen molar-refractivity contribution in [2.45, 2.75) is 19.4 Å². The summed E-state index contributed by atoms with van der Waals surface area (Å²) in [5.41, 5.74) is 1.30. The highest BCUT2D eigenvalue weighted by atomic mass is 16.5. The third-order valence-electron chi connectivity index (χ3n) is 3.50. The highest BCUT2D eigenvalue weighted by Crippen LogP contribution is 2.12. The zero-order chi connectivity index (χ0) is 13.5. The maximum Gasteiger partial charge on any atom is 0.137 e. The molecule has 1 atom stereocenters.